The van der Waals surface area contributed by atoms with Crippen molar-refractivity contribution in [1.29, 1.82) is 0 Å². The quantitative estimate of drug-likeness (QED) is 0.697. The zero-order chi connectivity index (χ0) is 18.3. The van der Waals surface area contributed by atoms with E-state index >= 15 is 0 Å². The van der Waals surface area contributed by atoms with Gasteiger partial charge in [-0.2, -0.15) is 9.61 Å². The molecular formula is C22H28N4. The summed E-state index contributed by atoms with van der Waals surface area (Å²) in [5.74, 6) is 1.16. The smallest absolute Gasteiger partial charge is 0.165 e. The van der Waals surface area contributed by atoms with Gasteiger partial charge in [-0.3, -0.25) is 0 Å². The standard InChI is InChI=1S/C22H28N4/c1-5-17(6-2)23-21-18-8-7-9-19(18)24-22-20(15(4)25-26(21)22)16-12-10-14(3)11-13-16/h10-13,17,23H,5-9H2,1-4H3. The zero-order valence-electron chi connectivity index (χ0n) is 16.3. The lowest BCUT2D eigenvalue weighted by Crippen LogP contribution is -2.21. The largest absolute Gasteiger partial charge is 0.367 e. The van der Waals surface area contributed by atoms with E-state index < -0.39 is 0 Å². The number of nitrogens with one attached hydrogen (secondary N) is 1. The number of benzene rings is 1. The SMILES string of the molecule is CCC(CC)Nc1c2c(nc3c(-c4ccc(C)cc4)c(C)nn13)CCC2. The van der Waals surface area contributed by atoms with Crippen molar-refractivity contribution in [3.05, 3.63) is 46.8 Å². The van der Waals surface area contributed by atoms with Crippen LogP contribution in [-0.4, -0.2) is 20.6 Å². The minimum atomic E-state index is 0.470. The Balaban J connectivity index is 1.94. The maximum atomic E-state index is 5.06. The highest BCUT2D eigenvalue weighted by atomic mass is 15.3. The van der Waals surface area contributed by atoms with Gasteiger partial charge in [-0.15, -0.1) is 0 Å². The van der Waals surface area contributed by atoms with Crippen molar-refractivity contribution >= 4 is 11.5 Å². The summed E-state index contributed by atoms with van der Waals surface area (Å²) >= 11 is 0. The molecule has 4 heteroatoms. The molecule has 2 aromatic heterocycles. The van der Waals surface area contributed by atoms with Gasteiger partial charge in [-0.1, -0.05) is 43.7 Å². The number of fused-ring (bicyclic) bond motifs is 2. The lowest BCUT2D eigenvalue weighted by Gasteiger charge is -2.19. The first-order valence-electron chi connectivity index (χ1n) is 9.87. The van der Waals surface area contributed by atoms with Crippen LogP contribution >= 0.6 is 0 Å². The van der Waals surface area contributed by atoms with Crippen LogP contribution in [0.25, 0.3) is 16.8 Å². The number of rotatable bonds is 5. The molecule has 0 bridgehead atoms. The number of hydrogen-bond acceptors (Lipinski definition) is 3. The van der Waals surface area contributed by atoms with Crippen molar-refractivity contribution in [3.8, 4) is 11.1 Å². The number of aryl methyl sites for hydroxylation is 3. The van der Waals surface area contributed by atoms with E-state index in [4.69, 9.17) is 10.1 Å². The van der Waals surface area contributed by atoms with Gasteiger partial charge in [0.15, 0.2) is 5.65 Å². The summed E-state index contributed by atoms with van der Waals surface area (Å²) < 4.78 is 2.06. The summed E-state index contributed by atoms with van der Waals surface area (Å²) in [5.41, 5.74) is 8.27. The van der Waals surface area contributed by atoms with Gasteiger partial charge < -0.3 is 5.32 Å². The van der Waals surface area contributed by atoms with Gasteiger partial charge >= 0.3 is 0 Å². The van der Waals surface area contributed by atoms with Crippen LogP contribution in [0.2, 0.25) is 0 Å². The van der Waals surface area contributed by atoms with Crippen LogP contribution in [0.5, 0.6) is 0 Å². The molecule has 0 atom stereocenters. The summed E-state index contributed by atoms with van der Waals surface area (Å²) in [6.07, 6.45) is 5.58. The van der Waals surface area contributed by atoms with Gasteiger partial charge in [0.05, 0.1) is 5.69 Å². The number of anilines is 1. The molecular weight excluding hydrogens is 320 g/mol. The first-order chi connectivity index (χ1) is 12.6. The second-order valence-electron chi connectivity index (χ2n) is 7.46. The summed E-state index contributed by atoms with van der Waals surface area (Å²) in [7, 11) is 0. The average molecular weight is 348 g/mol. The third-order valence-corrected chi connectivity index (χ3v) is 5.63. The Bertz CT molecular complexity index is 933. The van der Waals surface area contributed by atoms with E-state index in [0.717, 1.165) is 48.4 Å². The van der Waals surface area contributed by atoms with Gasteiger partial charge in [0.1, 0.15) is 5.82 Å². The van der Waals surface area contributed by atoms with Crippen molar-refractivity contribution in [2.24, 2.45) is 0 Å². The van der Waals surface area contributed by atoms with Crippen LogP contribution in [0.4, 0.5) is 5.82 Å². The molecule has 4 nitrogen and oxygen atoms in total. The van der Waals surface area contributed by atoms with E-state index in [2.05, 4.69) is 61.8 Å². The second kappa shape index (κ2) is 6.75. The van der Waals surface area contributed by atoms with Crippen LogP contribution in [0, 0.1) is 13.8 Å². The monoisotopic (exact) mass is 348 g/mol. The predicted octanol–water partition coefficient (Wildman–Crippen LogP) is 5.10. The maximum Gasteiger partial charge on any atom is 0.165 e. The Morgan fingerprint density at radius 1 is 1.08 bits per heavy atom. The number of nitrogens with zero attached hydrogens (tertiary/aromatic N) is 3. The fourth-order valence-electron chi connectivity index (χ4n) is 4.03. The summed E-state index contributed by atoms with van der Waals surface area (Å²) in [6.45, 7) is 8.70. The van der Waals surface area contributed by atoms with Crippen molar-refractivity contribution in [2.45, 2.75) is 65.8 Å². The molecule has 0 saturated heterocycles. The maximum absolute atomic E-state index is 5.06. The molecule has 0 spiro atoms. The molecule has 1 aliphatic carbocycles. The molecule has 4 rings (SSSR count). The number of aromatic nitrogens is 3. The second-order valence-corrected chi connectivity index (χ2v) is 7.46. The van der Waals surface area contributed by atoms with Gasteiger partial charge in [0, 0.05) is 22.9 Å². The third-order valence-electron chi connectivity index (χ3n) is 5.63. The molecule has 1 aromatic carbocycles. The Labute approximate surface area is 155 Å². The Morgan fingerprint density at radius 3 is 2.50 bits per heavy atom. The van der Waals surface area contributed by atoms with Crippen molar-refractivity contribution < 1.29 is 0 Å². The fraction of sp³-hybridized carbons (Fsp3) is 0.455. The average Bonchev–Trinajstić information content (AvgIpc) is 3.23. The minimum Gasteiger partial charge on any atom is -0.367 e. The van der Waals surface area contributed by atoms with Crippen LogP contribution in [0.1, 0.15) is 55.6 Å². The molecule has 1 N–H and O–H groups in total. The van der Waals surface area contributed by atoms with Crippen molar-refractivity contribution in [3.63, 3.8) is 0 Å². The first-order valence-corrected chi connectivity index (χ1v) is 9.87. The van der Waals surface area contributed by atoms with E-state index in [1.165, 1.54) is 28.8 Å². The van der Waals surface area contributed by atoms with Crippen molar-refractivity contribution in [1.82, 2.24) is 14.6 Å². The Hall–Kier alpha value is -2.36. The zero-order valence-corrected chi connectivity index (χ0v) is 16.3. The third kappa shape index (κ3) is 2.77. The number of hydrogen-bond donors (Lipinski definition) is 1. The van der Waals surface area contributed by atoms with Gasteiger partial charge in [0.25, 0.3) is 0 Å². The highest BCUT2D eigenvalue weighted by molar-refractivity contribution is 5.81. The molecule has 0 fully saturated rings. The molecule has 2 heterocycles. The summed E-state index contributed by atoms with van der Waals surface area (Å²) in [6, 6.07) is 9.16. The Morgan fingerprint density at radius 2 is 1.81 bits per heavy atom. The van der Waals surface area contributed by atoms with Crippen LogP contribution < -0.4 is 5.32 Å². The lowest BCUT2D eigenvalue weighted by molar-refractivity contribution is 0.661. The van der Waals surface area contributed by atoms with E-state index in [-0.39, 0.29) is 0 Å². The van der Waals surface area contributed by atoms with Crippen molar-refractivity contribution in [2.75, 3.05) is 5.32 Å². The van der Waals surface area contributed by atoms with Crippen LogP contribution in [-0.2, 0) is 12.8 Å². The van der Waals surface area contributed by atoms with Crippen LogP contribution in [0.3, 0.4) is 0 Å². The molecule has 0 saturated carbocycles. The van der Waals surface area contributed by atoms with Gasteiger partial charge in [-0.05, 0) is 51.5 Å². The summed E-state index contributed by atoms with van der Waals surface area (Å²) in [5, 5.41) is 8.69. The summed E-state index contributed by atoms with van der Waals surface area (Å²) in [4.78, 5) is 5.06. The highest BCUT2D eigenvalue weighted by Gasteiger charge is 2.24. The van der Waals surface area contributed by atoms with Crippen LogP contribution in [0.15, 0.2) is 24.3 Å². The topological polar surface area (TPSA) is 42.2 Å². The van der Waals surface area contributed by atoms with E-state index in [1.54, 1.807) is 0 Å². The van der Waals surface area contributed by atoms with E-state index in [1.807, 2.05) is 0 Å². The molecule has 0 unspecified atom stereocenters. The molecule has 0 radical (unpaired) electrons. The predicted molar refractivity (Wildman–Crippen MR) is 108 cm³/mol. The minimum absolute atomic E-state index is 0.470. The lowest BCUT2D eigenvalue weighted by atomic mass is 10.0. The molecule has 136 valence electrons. The highest BCUT2D eigenvalue weighted by Crippen LogP contribution is 2.34. The molecule has 3 aromatic rings. The normalized spacial score (nSPS) is 13.6. The van der Waals surface area contributed by atoms with E-state index in [9.17, 15) is 0 Å². The van der Waals surface area contributed by atoms with Gasteiger partial charge in [-0.25, -0.2) is 4.98 Å². The Kier molecular flexibility index (Phi) is 4.43. The van der Waals surface area contributed by atoms with Gasteiger partial charge in [0.2, 0.25) is 0 Å². The molecule has 0 aliphatic heterocycles. The molecule has 0 amide bonds. The fourth-order valence-corrected chi connectivity index (χ4v) is 4.03. The van der Waals surface area contributed by atoms with E-state index in [0.29, 0.717) is 6.04 Å². The molecule has 26 heavy (non-hydrogen) atoms. The first kappa shape index (κ1) is 17.1. The molecule has 1 aliphatic rings.